The van der Waals surface area contributed by atoms with Gasteiger partial charge in [-0.2, -0.15) is 13.2 Å². The molecular formula is C14H16F3N. The van der Waals surface area contributed by atoms with E-state index in [2.05, 4.69) is 0 Å². The lowest BCUT2D eigenvalue weighted by Crippen LogP contribution is -2.34. The zero-order valence-electron chi connectivity index (χ0n) is 9.95. The molecule has 98 valence electrons. The van der Waals surface area contributed by atoms with Crippen LogP contribution in [0, 0.1) is 11.8 Å². The van der Waals surface area contributed by atoms with Crippen molar-refractivity contribution in [1.29, 1.82) is 0 Å². The summed E-state index contributed by atoms with van der Waals surface area (Å²) in [5, 5.41) is 0. The highest BCUT2D eigenvalue weighted by Crippen LogP contribution is 2.52. The monoisotopic (exact) mass is 255 g/mol. The van der Waals surface area contributed by atoms with E-state index in [4.69, 9.17) is 5.73 Å². The maximum absolute atomic E-state index is 12.5. The number of alkyl halides is 3. The first kappa shape index (κ1) is 12.0. The molecule has 2 fully saturated rings. The van der Waals surface area contributed by atoms with Gasteiger partial charge < -0.3 is 5.73 Å². The van der Waals surface area contributed by atoms with Crippen LogP contribution in [0.15, 0.2) is 24.3 Å². The van der Waals surface area contributed by atoms with Crippen molar-refractivity contribution < 1.29 is 13.2 Å². The Morgan fingerprint density at radius 3 is 2.11 bits per heavy atom. The summed E-state index contributed by atoms with van der Waals surface area (Å²) in [6.07, 6.45) is -0.755. The molecule has 0 amide bonds. The van der Waals surface area contributed by atoms with Gasteiger partial charge in [-0.05, 0) is 48.8 Å². The summed E-state index contributed by atoms with van der Waals surface area (Å²) in [5.41, 5.74) is 6.59. The van der Waals surface area contributed by atoms with Crippen LogP contribution in [0.5, 0.6) is 0 Å². The molecule has 0 saturated heterocycles. The number of rotatable bonds is 1. The number of benzene rings is 1. The van der Waals surface area contributed by atoms with Crippen LogP contribution < -0.4 is 5.73 Å². The molecule has 2 saturated carbocycles. The van der Waals surface area contributed by atoms with E-state index in [0.29, 0.717) is 11.8 Å². The van der Waals surface area contributed by atoms with Crippen LogP contribution in [0.4, 0.5) is 13.2 Å². The van der Waals surface area contributed by atoms with E-state index in [1.165, 1.54) is 25.0 Å². The molecule has 1 aromatic rings. The fraction of sp³-hybridized carbons (Fsp3) is 0.571. The van der Waals surface area contributed by atoms with E-state index in [1.54, 1.807) is 12.1 Å². The Balaban J connectivity index is 1.85. The van der Waals surface area contributed by atoms with Gasteiger partial charge >= 0.3 is 6.18 Å². The molecule has 0 radical (unpaired) electrons. The van der Waals surface area contributed by atoms with Crippen LogP contribution in [-0.2, 0) is 6.18 Å². The van der Waals surface area contributed by atoms with Crippen molar-refractivity contribution in [2.45, 2.75) is 37.4 Å². The molecule has 4 atom stereocenters. The fourth-order valence-corrected chi connectivity index (χ4v) is 3.72. The van der Waals surface area contributed by atoms with E-state index >= 15 is 0 Å². The van der Waals surface area contributed by atoms with Gasteiger partial charge in [0.2, 0.25) is 0 Å². The summed E-state index contributed by atoms with van der Waals surface area (Å²) in [6, 6.07) is 5.69. The molecule has 3 rings (SSSR count). The Morgan fingerprint density at radius 1 is 1.00 bits per heavy atom. The average molecular weight is 255 g/mol. The van der Waals surface area contributed by atoms with Crippen molar-refractivity contribution in [2.24, 2.45) is 17.6 Å². The van der Waals surface area contributed by atoms with Gasteiger partial charge in [-0.3, -0.25) is 0 Å². The topological polar surface area (TPSA) is 26.0 Å². The second-order valence-electron chi connectivity index (χ2n) is 5.56. The normalized spacial score (nSPS) is 35.1. The number of fused-ring (bicyclic) bond motifs is 2. The van der Waals surface area contributed by atoms with E-state index in [1.807, 2.05) is 0 Å². The summed E-state index contributed by atoms with van der Waals surface area (Å²) in [7, 11) is 0. The molecule has 18 heavy (non-hydrogen) atoms. The Hall–Kier alpha value is -1.03. The van der Waals surface area contributed by atoms with Gasteiger partial charge in [0.1, 0.15) is 0 Å². The third-order valence-electron chi connectivity index (χ3n) is 4.60. The molecular weight excluding hydrogens is 239 g/mol. The second kappa shape index (κ2) is 3.98. The number of hydrogen-bond donors (Lipinski definition) is 1. The molecule has 0 aliphatic heterocycles. The third-order valence-corrected chi connectivity index (χ3v) is 4.60. The predicted octanol–water partition coefficient (Wildman–Crippen LogP) is 3.55. The average Bonchev–Trinajstić information content (AvgIpc) is 2.88. The molecule has 0 spiro atoms. The molecule has 1 unspecified atom stereocenters. The first-order valence-corrected chi connectivity index (χ1v) is 6.39. The zero-order valence-corrected chi connectivity index (χ0v) is 9.95. The van der Waals surface area contributed by atoms with Gasteiger partial charge in [0.05, 0.1) is 5.56 Å². The predicted molar refractivity (Wildman–Crippen MR) is 63.0 cm³/mol. The summed E-state index contributed by atoms with van der Waals surface area (Å²) in [6.45, 7) is 0. The highest BCUT2D eigenvalue weighted by Gasteiger charge is 2.46. The minimum Gasteiger partial charge on any atom is -0.327 e. The van der Waals surface area contributed by atoms with E-state index < -0.39 is 11.7 Å². The van der Waals surface area contributed by atoms with Crippen LogP contribution >= 0.6 is 0 Å². The number of hydrogen-bond acceptors (Lipinski definition) is 1. The molecule has 1 aromatic carbocycles. The highest BCUT2D eigenvalue weighted by molar-refractivity contribution is 5.30. The van der Waals surface area contributed by atoms with Crippen LogP contribution in [0.1, 0.15) is 36.3 Å². The number of nitrogens with two attached hydrogens (primary N) is 1. The Labute approximate surface area is 104 Å². The lowest BCUT2D eigenvalue weighted by molar-refractivity contribution is -0.137. The lowest BCUT2D eigenvalue weighted by atomic mass is 9.80. The van der Waals surface area contributed by atoms with E-state index in [-0.39, 0.29) is 12.0 Å². The maximum atomic E-state index is 12.5. The molecule has 0 aromatic heterocycles. The standard InChI is InChI=1S/C14H16F3N/c15-14(16,17)11-5-3-8(4-6-11)12-9-1-2-10(7-9)13(12)18/h3-6,9-10,12-13H,1-2,7,18H2/t9-,10+,12+,13?/m0/s1. The summed E-state index contributed by atoms with van der Waals surface area (Å²) in [4.78, 5) is 0. The van der Waals surface area contributed by atoms with Crippen LogP contribution in [0.25, 0.3) is 0 Å². The Bertz CT molecular complexity index is 435. The summed E-state index contributed by atoms with van der Waals surface area (Å²) >= 11 is 0. The quantitative estimate of drug-likeness (QED) is 0.816. The highest BCUT2D eigenvalue weighted by atomic mass is 19.4. The van der Waals surface area contributed by atoms with Crippen molar-refractivity contribution in [3.63, 3.8) is 0 Å². The van der Waals surface area contributed by atoms with E-state index in [0.717, 1.165) is 12.0 Å². The van der Waals surface area contributed by atoms with Crippen LogP contribution in [-0.4, -0.2) is 6.04 Å². The zero-order chi connectivity index (χ0) is 12.9. The largest absolute Gasteiger partial charge is 0.416 e. The smallest absolute Gasteiger partial charge is 0.327 e. The van der Waals surface area contributed by atoms with Gasteiger partial charge in [0.25, 0.3) is 0 Å². The van der Waals surface area contributed by atoms with E-state index in [9.17, 15) is 13.2 Å². The van der Waals surface area contributed by atoms with Crippen molar-refractivity contribution in [3.05, 3.63) is 35.4 Å². The van der Waals surface area contributed by atoms with Gasteiger partial charge in [0.15, 0.2) is 0 Å². The Kier molecular flexibility index (Phi) is 2.66. The second-order valence-corrected chi connectivity index (χ2v) is 5.56. The molecule has 2 aliphatic carbocycles. The minimum atomic E-state index is -4.25. The number of halogens is 3. The molecule has 4 heteroatoms. The van der Waals surface area contributed by atoms with Gasteiger partial charge in [-0.1, -0.05) is 12.1 Å². The van der Waals surface area contributed by atoms with Crippen molar-refractivity contribution in [1.82, 2.24) is 0 Å². The van der Waals surface area contributed by atoms with Gasteiger partial charge in [-0.15, -0.1) is 0 Å². The van der Waals surface area contributed by atoms with Gasteiger partial charge in [-0.25, -0.2) is 0 Å². The van der Waals surface area contributed by atoms with Gasteiger partial charge in [0, 0.05) is 12.0 Å². The summed E-state index contributed by atoms with van der Waals surface area (Å²) < 4.78 is 37.5. The van der Waals surface area contributed by atoms with Crippen LogP contribution in [0.3, 0.4) is 0 Å². The Morgan fingerprint density at radius 2 is 1.61 bits per heavy atom. The fourth-order valence-electron chi connectivity index (χ4n) is 3.72. The SMILES string of the molecule is NC1[C@@H]2CC[C@@H](C2)[C@H]1c1ccc(C(F)(F)F)cc1. The summed E-state index contributed by atoms with van der Waals surface area (Å²) in [5.74, 6) is 1.40. The van der Waals surface area contributed by atoms with Crippen LogP contribution in [0.2, 0.25) is 0 Å². The molecule has 2 aliphatic rings. The van der Waals surface area contributed by atoms with Crippen molar-refractivity contribution >= 4 is 0 Å². The third kappa shape index (κ3) is 1.83. The molecule has 1 nitrogen and oxygen atoms in total. The lowest BCUT2D eigenvalue weighted by Gasteiger charge is -2.28. The molecule has 0 heterocycles. The molecule has 2 bridgehead atoms. The van der Waals surface area contributed by atoms with Crippen molar-refractivity contribution in [3.8, 4) is 0 Å². The first-order chi connectivity index (χ1) is 8.47. The maximum Gasteiger partial charge on any atom is 0.416 e. The minimum absolute atomic E-state index is 0.125. The molecule has 2 N–H and O–H groups in total. The van der Waals surface area contributed by atoms with Crippen molar-refractivity contribution in [2.75, 3.05) is 0 Å². The first-order valence-electron chi connectivity index (χ1n) is 6.39.